The molecule has 6 nitrogen and oxygen atoms in total. The first-order chi connectivity index (χ1) is 12.7. The Hall–Kier alpha value is -0.850. The number of carbonyl (C=O) groups excluding carboxylic acids is 1. The average Bonchev–Trinajstić information content (AvgIpc) is 2.52. The second kappa shape index (κ2) is 12.0. The lowest BCUT2D eigenvalue weighted by Crippen LogP contribution is -2.46. The molecular weight excluding hydrogens is 360 g/mol. The Kier molecular flexibility index (Phi) is 11.6. The highest BCUT2D eigenvalue weighted by molar-refractivity contribution is 5.60. The minimum absolute atomic E-state index is 0.0580. The van der Waals surface area contributed by atoms with Crippen LogP contribution >= 0.6 is 0 Å². The topological polar surface area (TPSA) is 74.2 Å². The Morgan fingerprint density at radius 1 is 0.929 bits per heavy atom. The molecule has 2 atom stereocenters. The largest absolute Gasteiger partial charge is 0.508 e. The first-order valence-corrected chi connectivity index (χ1v) is 10.5. The fraction of sp³-hybridized carbons (Fsp3) is 0.955. The fourth-order valence-corrected chi connectivity index (χ4v) is 2.62. The molecule has 0 radical (unpaired) electrons. The van der Waals surface area contributed by atoms with Crippen LogP contribution < -0.4 is 0 Å². The molecule has 0 fully saturated rings. The predicted molar refractivity (Wildman–Crippen MR) is 112 cm³/mol. The third-order valence-corrected chi connectivity index (χ3v) is 5.45. The van der Waals surface area contributed by atoms with Gasteiger partial charge in [0, 0.05) is 25.0 Å². The Labute approximate surface area is 172 Å². The molecule has 0 saturated heterocycles. The maximum absolute atomic E-state index is 12.2. The van der Waals surface area contributed by atoms with Gasteiger partial charge in [0.1, 0.15) is 5.60 Å². The van der Waals surface area contributed by atoms with E-state index in [0.29, 0.717) is 32.5 Å². The van der Waals surface area contributed by atoms with E-state index in [2.05, 4.69) is 13.8 Å². The van der Waals surface area contributed by atoms with Gasteiger partial charge in [-0.1, -0.05) is 20.8 Å². The van der Waals surface area contributed by atoms with E-state index in [4.69, 9.17) is 18.9 Å². The van der Waals surface area contributed by atoms with E-state index in [1.807, 2.05) is 34.6 Å². The maximum Gasteiger partial charge on any atom is 0.508 e. The molecule has 28 heavy (non-hydrogen) atoms. The molecule has 0 aliphatic carbocycles. The van der Waals surface area contributed by atoms with Crippen LogP contribution in [-0.4, -0.2) is 54.5 Å². The molecule has 0 heterocycles. The number of hydrogen-bond donors (Lipinski definition) is 1. The monoisotopic (exact) mass is 404 g/mol. The van der Waals surface area contributed by atoms with E-state index < -0.39 is 17.4 Å². The lowest BCUT2D eigenvalue weighted by molar-refractivity contribution is -0.104. The van der Waals surface area contributed by atoms with Crippen molar-refractivity contribution in [3.8, 4) is 0 Å². The van der Waals surface area contributed by atoms with Gasteiger partial charge in [-0.3, -0.25) is 0 Å². The minimum Gasteiger partial charge on any atom is -0.434 e. The molecule has 0 aliphatic rings. The molecule has 0 aromatic rings. The van der Waals surface area contributed by atoms with Crippen molar-refractivity contribution < 1.29 is 28.8 Å². The molecule has 0 aromatic carbocycles. The number of hydrogen-bond acceptors (Lipinski definition) is 6. The van der Waals surface area contributed by atoms with E-state index in [9.17, 15) is 9.90 Å². The number of ether oxygens (including phenoxy) is 4. The fourth-order valence-electron chi connectivity index (χ4n) is 2.62. The van der Waals surface area contributed by atoms with E-state index >= 15 is 0 Å². The predicted octanol–water partition coefficient (Wildman–Crippen LogP) is 5.11. The van der Waals surface area contributed by atoms with Gasteiger partial charge >= 0.3 is 6.16 Å². The van der Waals surface area contributed by atoms with E-state index in [-0.39, 0.29) is 24.2 Å². The summed E-state index contributed by atoms with van der Waals surface area (Å²) in [4.78, 5) is 12.2. The van der Waals surface area contributed by atoms with E-state index in [0.717, 1.165) is 6.42 Å². The molecule has 1 N–H and O–H groups in total. The molecule has 168 valence electrons. The van der Waals surface area contributed by atoms with Crippen LogP contribution in [0.2, 0.25) is 0 Å². The van der Waals surface area contributed by atoms with E-state index in [1.54, 1.807) is 13.8 Å². The third-order valence-electron chi connectivity index (χ3n) is 5.45. The summed E-state index contributed by atoms with van der Waals surface area (Å²) in [6, 6.07) is 0. The van der Waals surface area contributed by atoms with Crippen molar-refractivity contribution >= 4 is 6.16 Å². The summed E-state index contributed by atoms with van der Waals surface area (Å²) in [5.41, 5.74) is -1.62. The molecule has 6 heteroatoms. The molecule has 0 saturated carbocycles. The quantitative estimate of drug-likeness (QED) is 0.406. The van der Waals surface area contributed by atoms with Gasteiger partial charge in [-0.25, -0.2) is 4.79 Å². The van der Waals surface area contributed by atoms with Gasteiger partial charge in [-0.2, -0.15) is 0 Å². The lowest BCUT2D eigenvalue weighted by Gasteiger charge is -2.42. The van der Waals surface area contributed by atoms with Crippen molar-refractivity contribution in [3.05, 3.63) is 0 Å². The van der Waals surface area contributed by atoms with Crippen molar-refractivity contribution in [2.75, 3.05) is 19.8 Å². The first-order valence-electron chi connectivity index (χ1n) is 10.5. The Morgan fingerprint density at radius 3 is 2.00 bits per heavy atom. The van der Waals surface area contributed by atoms with Gasteiger partial charge in [0.05, 0.1) is 24.4 Å². The van der Waals surface area contributed by atoms with Gasteiger partial charge in [0.15, 0.2) is 0 Å². The molecular formula is C22H44O6. The smallest absolute Gasteiger partial charge is 0.434 e. The summed E-state index contributed by atoms with van der Waals surface area (Å²) in [5.74, 6) is 0. The van der Waals surface area contributed by atoms with E-state index in [1.165, 1.54) is 0 Å². The van der Waals surface area contributed by atoms with Crippen LogP contribution in [0.15, 0.2) is 0 Å². The highest BCUT2D eigenvalue weighted by atomic mass is 16.7. The standard InChI is InChI=1S/C22H44O6/c1-10-22(9,20(5,6)12-15-25-17(2)3)28-19(23)27-14-11-18(4)26-16-13-21(7,8)24/h17-18,24H,10-16H2,1-9H3/t18-,22?/m0/s1. The normalized spacial score (nSPS) is 16.0. The van der Waals surface area contributed by atoms with Gasteiger partial charge in [-0.15, -0.1) is 0 Å². The molecule has 0 aromatic heterocycles. The second-order valence-electron chi connectivity index (χ2n) is 9.37. The zero-order chi connectivity index (χ0) is 22.0. The molecule has 0 bridgehead atoms. The first kappa shape index (κ1) is 27.1. The highest BCUT2D eigenvalue weighted by Crippen LogP contribution is 2.40. The molecule has 0 amide bonds. The number of aliphatic hydroxyl groups is 1. The zero-order valence-electron chi connectivity index (χ0n) is 19.6. The number of rotatable bonds is 14. The van der Waals surface area contributed by atoms with Crippen LogP contribution in [0.25, 0.3) is 0 Å². The second-order valence-corrected chi connectivity index (χ2v) is 9.37. The van der Waals surface area contributed by atoms with Crippen LogP contribution in [0, 0.1) is 5.41 Å². The van der Waals surface area contributed by atoms with Crippen LogP contribution in [0.3, 0.4) is 0 Å². The summed E-state index contributed by atoms with van der Waals surface area (Å²) < 4.78 is 22.3. The summed E-state index contributed by atoms with van der Waals surface area (Å²) >= 11 is 0. The van der Waals surface area contributed by atoms with Gasteiger partial charge in [0.25, 0.3) is 0 Å². The molecule has 0 rings (SSSR count). The van der Waals surface area contributed by atoms with Crippen molar-refractivity contribution in [2.24, 2.45) is 5.41 Å². The molecule has 1 unspecified atom stereocenters. The van der Waals surface area contributed by atoms with Gasteiger partial charge < -0.3 is 24.1 Å². The van der Waals surface area contributed by atoms with Crippen molar-refractivity contribution in [1.29, 1.82) is 0 Å². The van der Waals surface area contributed by atoms with Crippen molar-refractivity contribution in [1.82, 2.24) is 0 Å². The van der Waals surface area contributed by atoms with Crippen molar-refractivity contribution in [2.45, 2.75) is 111 Å². The van der Waals surface area contributed by atoms with Crippen LogP contribution in [0.4, 0.5) is 4.79 Å². The maximum atomic E-state index is 12.2. The summed E-state index contributed by atoms with van der Waals surface area (Å²) in [7, 11) is 0. The van der Waals surface area contributed by atoms with Crippen LogP contribution in [0.5, 0.6) is 0 Å². The lowest BCUT2D eigenvalue weighted by atomic mass is 9.72. The number of carbonyl (C=O) groups is 1. The van der Waals surface area contributed by atoms with Crippen LogP contribution in [0.1, 0.15) is 88.0 Å². The summed E-state index contributed by atoms with van der Waals surface area (Å²) in [6.45, 7) is 18.9. The third kappa shape index (κ3) is 11.2. The highest BCUT2D eigenvalue weighted by Gasteiger charge is 2.43. The Balaban J connectivity index is 4.37. The van der Waals surface area contributed by atoms with Gasteiger partial charge in [0.2, 0.25) is 0 Å². The SMILES string of the molecule is CCC(C)(OC(=O)OCC[C@H](C)OCCC(C)(C)O)C(C)(C)CCOC(C)C. The average molecular weight is 405 g/mol. The molecule has 0 spiro atoms. The summed E-state index contributed by atoms with van der Waals surface area (Å²) in [6.07, 6.45) is 2.09. The van der Waals surface area contributed by atoms with Crippen LogP contribution in [-0.2, 0) is 18.9 Å². The Bertz CT molecular complexity index is 441. The zero-order valence-corrected chi connectivity index (χ0v) is 19.6. The minimum atomic E-state index is -0.738. The Morgan fingerprint density at radius 2 is 1.50 bits per heavy atom. The molecule has 0 aliphatic heterocycles. The van der Waals surface area contributed by atoms with Crippen molar-refractivity contribution in [3.63, 3.8) is 0 Å². The van der Waals surface area contributed by atoms with Gasteiger partial charge in [-0.05, 0) is 60.8 Å². The summed E-state index contributed by atoms with van der Waals surface area (Å²) in [5, 5.41) is 9.68.